The van der Waals surface area contributed by atoms with Crippen molar-refractivity contribution in [3.05, 3.63) is 69.4 Å². The Kier molecular flexibility index (Phi) is 10.9. The van der Waals surface area contributed by atoms with E-state index in [1.165, 1.54) is 33.3 Å². The van der Waals surface area contributed by atoms with E-state index in [9.17, 15) is 27.6 Å². The molecule has 10 heteroatoms. The smallest absolute Gasteiger partial charge is 0.348 e. The van der Waals surface area contributed by atoms with Crippen molar-refractivity contribution in [3.8, 4) is 0 Å². The van der Waals surface area contributed by atoms with Crippen LogP contribution < -0.4 is 0 Å². The quantitative estimate of drug-likeness (QED) is 0.309. The summed E-state index contributed by atoms with van der Waals surface area (Å²) >= 11 is 4.74. The number of thiophene rings is 1. The van der Waals surface area contributed by atoms with E-state index in [0.29, 0.717) is 15.1 Å². The molecule has 0 bridgehead atoms. The van der Waals surface area contributed by atoms with Crippen LogP contribution in [0.2, 0.25) is 0 Å². The van der Waals surface area contributed by atoms with E-state index in [-0.39, 0.29) is 35.0 Å². The van der Waals surface area contributed by atoms with Gasteiger partial charge in [0.25, 0.3) is 0 Å². The number of benzene rings is 2. The molecule has 2 aromatic carbocycles. The van der Waals surface area contributed by atoms with Crippen molar-refractivity contribution in [1.29, 1.82) is 0 Å². The summed E-state index contributed by atoms with van der Waals surface area (Å²) in [4.78, 5) is 31.6. The molecular weight excluding hydrogens is 465 g/mol. The zero-order chi connectivity index (χ0) is 24.4. The van der Waals surface area contributed by atoms with Crippen molar-refractivity contribution >= 4 is 52.3 Å². The molecule has 0 N–H and O–H groups in total. The molecule has 1 aromatic heterocycles. The maximum Gasteiger partial charge on any atom is 0.348 e. The molecular formula is C22H21F3O5S2. The highest BCUT2D eigenvalue weighted by Crippen LogP contribution is 2.30. The van der Waals surface area contributed by atoms with Crippen LogP contribution in [-0.4, -0.2) is 38.2 Å². The van der Waals surface area contributed by atoms with Crippen molar-refractivity contribution < 1.29 is 37.0 Å². The number of esters is 2. The Morgan fingerprint density at radius 1 is 0.969 bits per heavy atom. The molecule has 3 aromatic rings. The number of rotatable bonds is 3. The van der Waals surface area contributed by atoms with Crippen LogP contribution in [0.1, 0.15) is 31.2 Å². The topological polar surface area (TPSA) is 69.7 Å². The first-order valence-corrected chi connectivity index (χ1v) is 10.4. The average molecular weight is 487 g/mol. The predicted octanol–water partition coefficient (Wildman–Crippen LogP) is 5.31. The first-order chi connectivity index (χ1) is 15.1. The molecule has 0 aliphatic rings. The van der Waals surface area contributed by atoms with Gasteiger partial charge >= 0.3 is 11.9 Å². The van der Waals surface area contributed by atoms with Gasteiger partial charge in [0.1, 0.15) is 10.7 Å². The van der Waals surface area contributed by atoms with E-state index in [2.05, 4.69) is 22.1 Å². The number of thiol groups is 1. The molecule has 32 heavy (non-hydrogen) atoms. The first kappa shape index (κ1) is 27.2. The third-order valence-corrected chi connectivity index (χ3v) is 5.38. The zero-order valence-corrected chi connectivity index (χ0v) is 19.4. The van der Waals surface area contributed by atoms with Gasteiger partial charge in [-0.1, -0.05) is 18.2 Å². The second-order valence-corrected chi connectivity index (χ2v) is 7.54. The maximum absolute atomic E-state index is 13.6. The normalized spacial score (nSPS) is 9.75. The molecule has 0 unspecified atom stereocenters. The summed E-state index contributed by atoms with van der Waals surface area (Å²) < 4.78 is 48.2. The van der Waals surface area contributed by atoms with Crippen LogP contribution in [-0.2, 0) is 14.3 Å². The molecule has 0 radical (unpaired) electrons. The van der Waals surface area contributed by atoms with Gasteiger partial charge in [-0.3, -0.25) is 9.59 Å². The van der Waals surface area contributed by atoms with Gasteiger partial charge in [0.15, 0.2) is 17.9 Å². The molecule has 0 aliphatic carbocycles. The summed E-state index contributed by atoms with van der Waals surface area (Å²) in [5, 5.41) is 0.739. The molecule has 1 heterocycles. The Hall–Kier alpha value is -2.85. The van der Waals surface area contributed by atoms with Gasteiger partial charge in [-0.25, -0.2) is 18.0 Å². The molecule has 0 saturated carbocycles. The van der Waals surface area contributed by atoms with Crippen molar-refractivity contribution in [2.24, 2.45) is 0 Å². The standard InChI is InChI=1S/C11H9FO2S.C8H6F2O.C3H6O2S/c1-6-3-4-7-5-8(11(13)14-2)15-10(7)9(6)12;1-5-2-3-6(4-11)8(10)7(5)9;1-5-3(4)2-6/h3-5H,1-2H3;2-4H,1H3;6H,2H2,1H3. The fourth-order valence-electron chi connectivity index (χ4n) is 2.19. The predicted molar refractivity (Wildman–Crippen MR) is 120 cm³/mol. The minimum absolute atomic E-state index is 0.163. The van der Waals surface area contributed by atoms with Crippen LogP contribution in [0.4, 0.5) is 13.2 Å². The van der Waals surface area contributed by atoms with Gasteiger partial charge in [-0.15, -0.1) is 11.3 Å². The highest BCUT2D eigenvalue weighted by atomic mass is 32.1. The number of methoxy groups -OCH3 is 2. The van der Waals surface area contributed by atoms with Crippen LogP contribution >= 0.6 is 24.0 Å². The lowest BCUT2D eigenvalue weighted by atomic mass is 10.1. The molecule has 172 valence electrons. The lowest BCUT2D eigenvalue weighted by molar-refractivity contribution is -0.137. The van der Waals surface area contributed by atoms with Gasteiger partial charge in [-0.05, 0) is 42.5 Å². The zero-order valence-electron chi connectivity index (χ0n) is 17.7. The Bertz CT molecular complexity index is 1110. The third-order valence-electron chi connectivity index (χ3n) is 3.99. The highest BCUT2D eigenvalue weighted by molar-refractivity contribution is 7.81. The lowest BCUT2D eigenvalue weighted by Crippen LogP contribution is -1.99. The van der Waals surface area contributed by atoms with E-state index in [1.54, 1.807) is 25.1 Å². The van der Waals surface area contributed by atoms with Crippen LogP contribution in [0.15, 0.2) is 30.3 Å². The molecule has 0 aliphatic heterocycles. The number of carbonyl (C=O) groups excluding carboxylic acids is 3. The maximum atomic E-state index is 13.6. The fourth-order valence-corrected chi connectivity index (χ4v) is 3.38. The summed E-state index contributed by atoms with van der Waals surface area (Å²) in [6, 6.07) is 7.76. The van der Waals surface area contributed by atoms with Crippen molar-refractivity contribution in [3.63, 3.8) is 0 Å². The Morgan fingerprint density at radius 2 is 1.56 bits per heavy atom. The number of hydrogen-bond acceptors (Lipinski definition) is 7. The van der Waals surface area contributed by atoms with Gasteiger partial charge in [-0.2, -0.15) is 12.6 Å². The Morgan fingerprint density at radius 3 is 2.06 bits per heavy atom. The molecule has 0 spiro atoms. The number of hydrogen-bond donors (Lipinski definition) is 1. The average Bonchev–Trinajstić information content (AvgIpc) is 3.25. The van der Waals surface area contributed by atoms with E-state index >= 15 is 0 Å². The van der Waals surface area contributed by atoms with Crippen LogP contribution in [0, 0.1) is 31.3 Å². The summed E-state index contributed by atoms with van der Waals surface area (Å²) in [6.07, 6.45) is 0.290. The molecule has 0 atom stereocenters. The second-order valence-electron chi connectivity index (χ2n) is 6.17. The number of carbonyl (C=O) groups is 3. The van der Waals surface area contributed by atoms with Gasteiger partial charge in [0.2, 0.25) is 0 Å². The Labute approximate surface area is 192 Å². The van der Waals surface area contributed by atoms with E-state index in [4.69, 9.17) is 0 Å². The summed E-state index contributed by atoms with van der Waals surface area (Å²) in [5.41, 5.74) is 0.543. The minimum atomic E-state index is -1.07. The SMILES string of the molecule is COC(=O)CS.COC(=O)c1cc2ccc(C)c(F)c2s1.Cc1ccc(C=O)c(F)c1F. The largest absolute Gasteiger partial charge is 0.468 e. The molecule has 0 amide bonds. The molecule has 0 saturated heterocycles. The number of fused-ring (bicyclic) bond motifs is 1. The number of ether oxygens (including phenoxy) is 2. The highest BCUT2D eigenvalue weighted by Gasteiger charge is 2.13. The van der Waals surface area contributed by atoms with Crippen LogP contribution in [0.3, 0.4) is 0 Å². The van der Waals surface area contributed by atoms with E-state index in [0.717, 1.165) is 16.7 Å². The van der Waals surface area contributed by atoms with Crippen molar-refractivity contribution in [1.82, 2.24) is 0 Å². The third kappa shape index (κ3) is 7.10. The number of aldehydes is 1. The molecule has 5 nitrogen and oxygen atoms in total. The fraction of sp³-hybridized carbons (Fsp3) is 0.227. The van der Waals surface area contributed by atoms with Crippen molar-refractivity contribution in [2.45, 2.75) is 13.8 Å². The second kappa shape index (κ2) is 12.9. The van der Waals surface area contributed by atoms with E-state index < -0.39 is 17.6 Å². The Balaban J connectivity index is 0.000000265. The molecule has 0 fully saturated rings. The first-order valence-electron chi connectivity index (χ1n) is 8.95. The summed E-state index contributed by atoms with van der Waals surface area (Å²) in [5.74, 6) is -2.83. The summed E-state index contributed by atoms with van der Waals surface area (Å²) in [7, 11) is 2.65. The van der Waals surface area contributed by atoms with Gasteiger partial charge in [0, 0.05) is 0 Å². The summed E-state index contributed by atoms with van der Waals surface area (Å²) in [6.45, 7) is 3.14. The van der Waals surface area contributed by atoms with Crippen LogP contribution in [0.25, 0.3) is 10.1 Å². The lowest BCUT2D eigenvalue weighted by Gasteiger charge is -1.98. The van der Waals surface area contributed by atoms with Crippen LogP contribution in [0.5, 0.6) is 0 Å². The monoisotopic (exact) mass is 486 g/mol. The number of halogens is 3. The number of aryl methyl sites for hydroxylation is 2. The minimum Gasteiger partial charge on any atom is -0.468 e. The van der Waals surface area contributed by atoms with E-state index in [1.807, 2.05) is 0 Å². The van der Waals surface area contributed by atoms with Crippen molar-refractivity contribution in [2.75, 3.05) is 20.0 Å². The van der Waals surface area contributed by atoms with Gasteiger partial charge < -0.3 is 9.47 Å². The van der Waals surface area contributed by atoms with Gasteiger partial charge in [0.05, 0.1) is 30.2 Å². The molecule has 3 rings (SSSR count).